The summed E-state index contributed by atoms with van der Waals surface area (Å²) in [5.74, 6) is 0.107. The van der Waals surface area contributed by atoms with Crippen molar-refractivity contribution in [2.75, 3.05) is 31.5 Å². The molecule has 2 aliphatic rings. The number of nitrogens with zero attached hydrogens (tertiary/aromatic N) is 4. The SMILES string of the molecule is Cc1noc(C)c1S(=O)(=O)N1CCN(C(C)C(=O)Nc2sc3c(c2C#N)CCCCC3)CC1. The molecule has 1 aliphatic carbocycles. The number of piperazine rings is 1. The van der Waals surface area contributed by atoms with Crippen molar-refractivity contribution in [2.45, 2.75) is 63.8 Å². The van der Waals surface area contributed by atoms with Gasteiger partial charge in [-0.25, -0.2) is 8.42 Å². The van der Waals surface area contributed by atoms with Crippen molar-refractivity contribution in [3.63, 3.8) is 0 Å². The van der Waals surface area contributed by atoms with Crippen molar-refractivity contribution in [3.8, 4) is 6.07 Å². The van der Waals surface area contributed by atoms with Gasteiger partial charge in [0.1, 0.15) is 21.7 Å². The Bertz CT molecular complexity index is 1170. The third-order valence-corrected chi connectivity index (χ3v) is 9.89. The Morgan fingerprint density at radius 2 is 1.88 bits per heavy atom. The molecule has 0 bridgehead atoms. The molecule has 1 unspecified atom stereocenters. The summed E-state index contributed by atoms with van der Waals surface area (Å²) in [4.78, 5) is 16.3. The van der Waals surface area contributed by atoms with E-state index in [-0.39, 0.29) is 29.7 Å². The van der Waals surface area contributed by atoms with Crippen molar-refractivity contribution in [3.05, 3.63) is 27.5 Å². The first-order chi connectivity index (χ1) is 15.7. The minimum absolute atomic E-state index is 0.128. The summed E-state index contributed by atoms with van der Waals surface area (Å²) in [5, 5.41) is 17.1. The van der Waals surface area contributed by atoms with Gasteiger partial charge in [0.15, 0.2) is 5.76 Å². The molecule has 0 aromatic carbocycles. The second kappa shape index (κ2) is 9.54. The van der Waals surface area contributed by atoms with Gasteiger partial charge in [-0.1, -0.05) is 11.6 Å². The second-order valence-corrected chi connectivity index (χ2v) is 11.6. The highest BCUT2D eigenvalue weighted by Crippen LogP contribution is 2.37. The Balaban J connectivity index is 1.41. The van der Waals surface area contributed by atoms with E-state index in [9.17, 15) is 18.5 Å². The summed E-state index contributed by atoms with van der Waals surface area (Å²) in [6.45, 7) is 6.45. The van der Waals surface area contributed by atoms with Gasteiger partial charge in [0.25, 0.3) is 0 Å². The van der Waals surface area contributed by atoms with Crippen molar-refractivity contribution < 1.29 is 17.7 Å². The van der Waals surface area contributed by atoms with Gasteiger partial charge in [-0.15, -0.1) is 11.3 Å². The van der Waals surface area contributed by atoms with Gasteiger partial charge in [-0.2, -0.15) is 9.57 Å². The number of carbonyl (C=O) groups excluding carboxylic acids is 1. The molecule has 33 heavy (non-hydrogen) atoms. The molecule has 1 aliphatic heterocycles. The lowest BCUT2D eigenvalue weighted by molar-refractivity contribution is -0.121. The average Bonchev–Trinajstić information content (AvgIpc) is 3.21. The zero-order valence-corrected chi connectivity index (χ0v) is 20.8. The van der Waals surface area contributed by atoms with Crippen LogP contribution in [0.4, 0.5) is 5.00 Å². The van der Waals surface area contributed by atoms with Gasteiger partial charge < -0.3 is 9.84 Å². The first kappa shape index (κ1) is 23.9. The Kier molecular flexibility index (Phi) is 6.91. The second-order valence-electron chi connectivity index (χ2n) is 8.64. The maximum absolute atomic E-state index is 13.0. The van der Waals surface area contributed by atoms with Crippen LogP contribution in [0.2, 0.25) is 0 Å². The molecule has 2 aromatic rings. The number of aryl methyl sites for hydroxylation is 3. The number of hydrogen-bond acceptors (Lipinski definition) is 8. The zero-order valence-electron chi connectivity index (χ0n) is 19.2. The van der Waals surface area contributed by atoms with E-state index in [0.29, 0.717) is 29.3 Å². The average molecular weight is 492 g/mol. The van der Waals surface area contributed by atoms with Crippen molar-refractivity contribution in [1.29, 1.82) is 5.26 Å². The van der Waals surface area contributed by atoms with E-state index < -0.39 is 16.1 Å². The van der Waals surface area contributed by atoms with E-state index in [1.165, 1.54) is 26.9 Å². The smallest absolute Gasteiger partial charge is 0.248 e. The number of rotatable bonds is 5. The molecule has 1 atom stereocenters. The van der Waals surface area contributed by atoms with E-state index in [2.05, 4.69) is 16.5 Å². The molecular formula is C22H29N5O4S2. The summed E-state index contributed by atoms with van der Waals surface area (Å²) in [6.07, 6.45) is 5.21. The molecule has 0 spiro atoms. The number of anilines is 1. The fourth-order valence-electron chi connectivity index (χ4n) is 4.63. The van der Waals surface area contributed by atoms with Crippen LogP contribution in [0.1, 0.15) is 53.6 Å². The maximum atomic E-state index is 13.0. The van der Waals surface area contributed by atoms with Gasteiger partial charge in [0.2, 0.25) is 15.9 Å². The lowest BCUT2D eigenvalue weighted by Gasteiger charge is -2.36. The summed E-state index contributed by atoms with van der Waals surface area (Å²) in [5.41, 5.74) is 2.05. The summed E-state index contributed by atoms with van der Waals surface area (Å²) < 4.78 is 32.5. The fraction of sp³-hybridized carbons (Fsp3) is 0.591. The largest absolute Gasteiger partial charge is 0.360 e. The van der Waals surface area contributed by atoms with Crippen LogP contribution in [0.15, 0.2) is 9.42 Å². The highest BCUT2D eigenvalue weighted by atomic mass is 32.2. The molecular weight excluding hydrogens is 462 g/mol. The molecule has 2 aromatic heterocycles. The van der Waals surface area contributed by atoms with Crippen molar-refractivity contribution >= 4 is 32.3 Å². The lowest BCUT2D eigenvalue weighted by Crippen LogP contribution is -2.54. The minimum atomic E-state index is -3.70. The maximum Gasteiger partial charge on any atom is 0.248 e. The van der Waals surface area contributed by atoms with Gasteiger partial charge in [0.05, 0.1) is 11.6 Å². The third-order valence-electron chi connectivity index (χ3n) is 6.54. The van der Waals surface area contributed by atoms with Crippen LogP contribution in [0.3, 0.4) is 0 Å². The van der Waals surface area contributed by atoms with Crippen LogP contribution in [-0.4, -0.2) is 60.9 Å². The summed E-state index contributed by atoms with van der Waals surface area (Å²) in [6, 6.07) is 1.85. The van der Waals surface area contributed by atoms with E-state index in [4.69, 9.17) is 4.52 Å². The van der Waals surface area contributed by atoms with Gasteiger partial charge in [-0.05, 0) is 52.0 Å². The predicted molar refractivity (Wildman–Crippen MR) is 125 cm³/mol. The number of fused-ring (bicyclic) bond motifs is 1. The van der Waals surface area contributed by atoms with Crippen LogP contribution >= 0.6 is 11.3 Å². The van der Waals surface area contributed by atoms with Crippen molar-refractivity contribution in [2.24, 2.45) is 0 Å². The van der Waals surface area contributed by atoms with Crippen LogP contribution in [0.25, 0.3) is 0 Å². The highest BCUT2D eigenvalue weighted by molar-refractivity contribution is 7.89. The summed E-state index contributed by atoms with van der Waals surface area (Å²) in [7, 11) is -3.70. The quantitative estimate of drug-likeness (QED) is 0.639. The van der Waals surface area contributed by atoms with Crippen molar-refractivity contribution in [1.82, 2.24) is 14.4 Å². The Morgan fingerprint density at radius 1 is 1.18 bits per heavy atom. The van der Waals surface area contributed by atoms with Gasteiger partial charge in [-0.3, -0.25) is 9.69 Å². The molecule has 11 heteroatoms. The molecule has 3 heterocycles. The Morgan fingerprint density at radius 3 is 2.52 bits per heavy atom. The topological polar surface area (TPSA) is 120 Å². The molecule has 9 nitrogen and oxygen atoms in total. The number of carbonyl (C=O) groups is 1. The number of nitrogens with one attached hydrogen (secondary N) is 1. The minimum Gasteiger partial charge on any atom is -0.360 e. The standard InChI is InChI=1S/C22H29N5O4S2/c1-14-20(16(3)31-25-14)33(29,30)27-11-9-26(10-12-27)15(2)21(28)24-22-18(13-23)17-7-5-4-6-8-19(17)32-22/h15H,4-12H2,1-3H3,(H,24,28). The first-order valence-electron chi connectivity index (χ1n) is 11.3. The molecule has 1 N–H and O–H groups in total. The normalized spacial score (nSPS) is 18.8. The van der Waals surface area contributed by atoms with Crippen LogP contribution in [0.5, 0.6) is 0 Å². The van der Waals surface area contributed by atoms with Gasteiger partial charge in [0, 0.05) is 31.1 Å². The van der Waals surface area contributed by atoms with Crippen LogP contribution in [-0.2, 0) is 27.7 Å². The van der Waals surface area contributed by atoms with Crippen LogP contribution < -0.4 is 5.32 Å². The van der Waals surface area contributed by atoms with E-state index in [1.807, 2.05) is 11.8 Å². The highest BCUT2D eigenvalue weighted by Gasteiger charge is 2.35. The van der Waals surface area contributed by atoms with Gasteiger partial charge >= 0.3 is 0 Å². The molecule has 0 saturated carbocycles. The number of hydrogen-bond donors (Lipinski definition) is 1. The van der Waals surface area contributed by atoms with E-state index in [1.54, 1.807) is 13.8 Å². The lowest BCUT2D eigenvalue weighted by atomic mass is 10.1. The number of thiophene rings is 1. The molecule has 1 saturated heterocycles. The fourth-order valence-corrected chi connectivity index (χ4v) is 7.59. The number of amides is 1. The molecule has 178 valence electrons. The predicted octanol–water partition coefficient (Wildman–Crippen LogP) is 2.83. The molecule has 1 amide bonds. The Labute approximate surface area is 198 Å². The number of aromatic nitrogens is 1. The Hall–Kier alpha value is -2.26. The first-order valence-corrected chi connectivity index (χ1v) is 13.5. The monoisotopic (exact) mass is 491 g/mol. The van der Waals surface area contributed by atoms with Crippen LogP contribution in [0, 0.1) is 25.2 Å². The molecule has 1 fully saturated rings. The number of nitriles is 1. The van der Waals surface area contributed by atoms with E-state index >= 15 is 0 Å². The third kappa shape index (κ3) is 4.57. The summed E-state index contributed by atoms with van der Waals surface area (Å²) >= 11 is 1.52. The van der Waals surface area contributed by atoms with E-state index in [0.717, 1.165) is 31.2 Å². The number of sulfonamides is 1. The molecule has 4 rings (SSSR count). The molecule has 0 radical (unpaired) electrons. The zero-order chi connectivity index (χ0) is 23.8.